The highest BCUT2D eigenvalue weighted by atomic mass is 15.1. The van der Waals surface area contributed by atoms with Crippen LogP contribution in [0.25, 0.3) is 11.4 Å². The van der Waals surface area contributed by atoms with Crippen molar-refractivity contribution in [3.8, 4) is 11.4 Å². The summed E-state index contributed by atoms with van der Waals surface area (Å²) in [7, 11) is 2.01. The Kier molecular flexibility index (Phi) is 4.53. The predicted molar refractivity (Wildman–Crippen MR) is 75.4 cm³/mol. The molecule has 96 valence electrons. The van der Waals surface area contributed by atoms with Gasteiger partial charge in [0.2, 0.25) is 0 Å². The molecule has 1 heterocycles. The van der Waals surface area contributed by atoms with Crippen molar-refractivity contribution >= 4 is 0 Å². The Morgan fingerprint density at radius 3 is 2.78 bits per heavy atom. The average molecular weight is 243 g/mol. The van der Waals surface area contributed by atoms with Gasteiger partial charge in [0.15, 0.2) is 0 Å². The van der Waals surface area contributed by atoms with Gasteiger partial charge in [0, 0.05) is 30.5 Å². The molecular formula is C15H21N3. The van der Waals surface area contributed by atoms with Crippen molar-refractivity contribution in [3.63, 3.8) is 0 Å². The van der Waals surface area contributed by atoms with Crippen LogP contribution >= 0.6 is 0 Å². The standard InChI is InChI=1S/C15H21N3/c1-13(16-2)7-6-11-18-12-10-17-15(18)14-8-4-3-5-9-14/h3-5,8-10,12-13,16H,6-7,11H2,1-2H3. The van der Waals surface area contributed by atoms with Gasteiger partial charge in [0.1, 0.15) is 5.82 Å². The fourth-order valence-corrected chi connectivity index (χ4v) is 2.05. The monoisotopic (exact) mass is 243 g/mol. The molecule has 18 heavy (non-hydrogen) atoms. The van der Waals surface area contributed by atoms with Gasteiger partial charge in [0.05, 0.1) is 0 Å². The maximum Gasteiger partial charge on any atom is 0.139 e. The van der Waals surface area contributed by atoms with Crippen LogP contribution in [0.3, 0.4) is 0 Å². The molecule has 1 aromatic carbocycles. The summed E-state index contributed by atoms with van der Waals surface area (Å²) in [5, 5.41) is 3.27. The van der Waals surface area contributed by atoms with Crippen LogP contribution in [0.1, 0.15) is 19.8 Å². The highest BCUT2D eigenvalue weighted by molar-refractivity contribution is 5.54. The van der Waals surface area contributed by atoms with Crippen molar-refractivity contribution in [1.29, 1.82) is 0 Å². The molecule has 0 amide bonds. The van der Waals surface area contributed by atoms with Crippen LogP contribution < -0.4 is 5.32 Å². The molecular weight excluding hydrogens is 222 g/mol. The second-order valence-electron chi connectivity index (χ2n) is 4.64. The number of hydrogen-bond donors (Lipinski definition) is 1. The number of nitrogens with zero attached hydrogens (tertiary/aromatic N) is 2. The molecule has 0 bridgehead atoms. The summed E-state index contributed by atoms with van der Waals surface area (Å²) in [5.41, 5.74) is 1.18. The van der Waals surface area contributed by atoms with Crippen molar-refractivity contribution in [2.75, 3.05) is 7.05 Å². The van der Waals surface area contributed by atoms with Gasteiger partial charge in [-0.1, -0.05) is 30.3 Å². The molecule has 0 saturated heterocycles. The zero-order valence-corrected chi connectivity index (χ0v) is 11.1. The van der Waals surface area contributed by atoms with E-state index < -0.39 is 0 Å². The molecule has 3 nitrogen and oxygen atoms in total. The van der Waals surface area contributed by atoms with Gasteiger partial charge in [-0.25, -0.2) is 4.98 Å². The number of imidazole rings is 1. The third-order valence-corrected chi connectivity index (χ3v) is 3.28. The largest absolute Gasteiger partial charge is 0.331 e. The molecule has 0 aliphatic carbocycles. The lowest BCUT2D eigenvalue weighted by Gasteiger charge is -2.11. The van der Waals surface area contributed by atoms with E-state index in [1.54, 1.807) is 0 Å². The highest BCUT2D eigenvalue weighted by Crippen LogP contribution is 2.17. The molecule has 2 rings (SSSR count). The molecule has 0 spiro atoms. The van der Waals surface area contributed by atoms with Gasteiger partial charge >= 0.3 is 0 Å². The van der Waals surface area contributed by atoms with Gasteiger partial charge in [-0.05, 0) is 26.8 Å². The lowest BCUT2D eigenvalue weighted by molar-refractivity contribution is 0.508. The van der Waals surface area contributed by atoms with E-state index in [0.29, 0.717) is 6.04 Å². The Morgan fingerprint density at radius 2 is 2.06 bits per heavy atom. The summed E-state index contributed by atoms with van der Waals surface area (Å²) in [6.45, 7) is 3.24. The van der Waals surface area contributed by atoms with Gasteiger partial charge < -0.3 is 9.88 Å². The fourth-order valence-electron chi connectivity index (χ4n) is 2.05. The van der Waals surface area contributed by atoms with E-state index in [4.69, 9.17) is 0 Å². The van der Waals surface area contributed by atoms with Crippen molar-refractivity contribution in [2.45, 2.75) is 32.4 Å². The van der Waals surface area contributed by atoms with E-state index in [2.05, 4.69) is 52.3 Å². The number of benzene rings is 1. The zero-order valence-electron chi connectivity index (χ0n) is 11.1. The highest BCUT2D eigenvalue weighted by Gasteiger charge is 2.05. The van der Waals surface area contributed by atoms with Crippen LogP contribution in [0, 0.1) is 0 Å². The van der Waals surface area contributed by atoms with Crippen LogP contribution in [-0.4, -0.2) is 22.6 Å². The average Bonchev–Trinajstić information content (AvgIpc) is 2.88. The Hall–Kier alpha value is -1.61. The molecule has 1 unspecified atom stereocenters. The number of hydrogen-bond acceptors (Lipinski definition) is 2. The number of nitrogens with one attached hydrogen (secondary N) is 1. The van der Waals surface area contributed by atoms with Crippen LogP contribution in [0.5, 0.6) is 0 Å². The van der Waals surface area contributed by atoms with E-state index >= 15 is 0 Å². The van der Waals surface area contributed by atoms with E-state index in [-0.39, 0.29) is 0 Å². The zero-order chi connectivity index (χ0) is 12.8. The fraction of sp³-hybridized carbons (Fsp3) is 0.400. The van der Waals surface area contributed by atoms with Crippen molar-refractivity contribution < 1.29 is 0 Å². The molecule has 2 aromatic rings. The Balaban J connectivity index is 2.00. The summed E-state index contributed by atoms with van der Waals surface area (Å²) in [6, 6.07) is 10.9. The molecule has 0 saturated carbocycles. The van der Waals surface area contributed by atoms with Gasteiger partial charge in [-0.3, -0.25) is 0 Å². The van der Waals surface area contributed by atoms with Gasteiger partial charge in [-0.15, -0.1) is 0 Å². The molecule has 0 aliphatic heterocycles. The number of aryl methyl sites for hydroxylation is 1. The first kappa shape index (κ1) is 12.8. The van der Waals surface area contributed by atoms with Crippen molar-refractivity contribution in [2.24, 2.45) is 0 Å². The quantitative estimate of drug-likeness (QED) is 0.845. The van der Waals surface area contributed by atoms with Crippen LogP contribution in [0.15, 0.2) is 42.7 Å². The minimum Gasteiger partial charge on any atom is -0.331 e. The Morgan fingerprint density at radius 1 is 1.28 bits per heavy atom. The summed E-state index contributed by atoms with van der Waals surface area (Å²) < 4.78 is 2.23. The van der Waals surface area contributed by atoms with E-state index in [1.807, 2.05) is 19.3 Å². The molecule has 3 heteroatoms. The van der Waals surface area contributed by atoms with E-state index in [9.17, 15) is 0 Å². The summed E-state index contributed by atoms with van der Waals surface area (Å²) >= 11 is 0. The summed E-state index contributed by atoms with van der Waals surface area (Å²) in [5.74, 6) is 1.06. The summed E-state index contributed by atoms with van der Waals surface area (Å²) in [6.07, 6.45) is 6.29. The predicted octanol–water partition coefficient (Wildman–Crippen LogP) is 2.94. The van der Waals surface area contributed by atoms with Gasteiger partial charge in [-0.2, -0.15) is 0 Å². The number of aromatic nitrogens is 2. The van der Waals surface area contributed by atoms with Crippen LogP contribution in [-0.2, 0) is 6.54 Å². The first-order valence-corrected chi connectivity index (χ1v) is 6.55. The molecule has 0 radical (unpaired) electrons. The minimum absolute atomic E-state index is 0.577. The second-order valence-corrected chi connectivity index (χ2v) is 4.64. The number of rotatable bonds is 6. The Bertz CT molecular complexity index is 462. The third-order valence-electron chi connectivity index (χ3n) is 3.28. The summed E-state index contributed by atoms with van der Waals surface area (Å²) in [4.78, 5) is 4.45. The lowest BCUT2D eigenvalue weighted by atomic mass is 10.2. The van der Waals surface area contributed by atoms with Crippen molar-refractivity contribution in [3.05, 3.63) is 42.7 Å². The smallest absolute Gasteiger partial charge is 0.139 e. The minimum atomic E-state index is 0.577. The maximum absolute atomic E-state index is 4.45. The lowest BCUT2D eigenvalue weighted by Crippen LogP contribution is -2.21. The third kappa shape index (κ3) is 3.20. The SMILES string of the molecule is CNC(C)CCCn1ccnc1-c1ccccc1. The normalized spacial score (nSPS) is 12.6. The first-order valence-electron chi connectivity index (χ1n) is 6.55. The topological polar surface area (TPSA) is 29.9 Å². The second kappa shape index (κ2) is 6.36. The molecule has 1 N–H and O–H groups in total. The van der Waals surface area contributed by atoms with Crippen LogP contribution in [0.2, 0.25) is 0 Å². The van der Waals surface area contributed by atoms with E-state index in [1.165, 1.54) is 12.0 Å². The van der Waals surface area contributed by atoms with E-state index in [0.717, 1.165) is 18.8 Å². The van der Waals surface area contributed by atoms with Crippen molar-refractivity contribution in [1.82, 2.24) is 14.9 Å². The van der Waals surface area contributed by atoms with Crippen LogP contribution in [0.4, 0.5) is 0 Å². The molecule has 1 aromatic heterocycles. The molecule has 0 aliphatic rings. The first-order chi connectivity index (χ1) is 8.81. The van der Waals surface area contributed by atoms with Gasteiger partial charge in [0.25, 0.3) is 0 Å². The molecule has 0 fully saturated rings. The molecule has 1 atom stereocenters. The maximum atomic E-state index is 4.45. The Labute approximate surface area is 109 Å².